The Morgan fingerprint density at radius 3 is 2.29 bits per heavy atom. The largest absolute Gasteiger partial charge is 0.481 e. The number of hydrogen-bond acceptors (Lipinski definition) is 3. The van der Waals surface area contributed by atoms with Crippen LogP contribution in [0.25, 0.3) is 0 Å². The predicted octanol–water partition coefficient (Wildman–Crippen LogP) is 0.800. The van der Waals surface area contributed by atoms with Gasteiger partial charge in [0.1, 0.15) is 0 Å². The van der Waals surface area contributed by atoms with Crippen LogP contribution in [-0.2, 0) is 4.79 Å². The van der Waals surface area contributed by atoms with Gasteiger partial charge < -0.3 is 10.2 Å². The van der Waals surface area contributed by atoms with Gasteiger partial charge in [-0.25, -0.2) is 0 Å². The summed E-state index contributed by atoms with van der Waals surface area (Å²) in [5.74, 6) is -1.16. The number of carboxylic acids is 1. The van der Waals surface area contributed by atoms with E-state index in [0.29, 0.717) is 13.1 Å². The molecule has 0 saturated carbocycles. The van der Waals surface area contributed by atoms with Crippen LogP contribution in [0.5, 0.6) is 0 Å². The maximum absolute atomic E-state index is 10.6. The van der Waals surface area contributed by atoms with Crippen molar-refractivity contribution in [2.45, 2.75) is 33.3 Å². The van der Waals surface area contributed by atoms with Gasteiger partial charge in [0, 0.05) is 13.1 Å². The third kappa shape index (κ3) is 5.94. The summed E-state index contributed by atoms with van der Waals surface area (Å²) in [7, 11) is 0. The van der Waals surface area contributed by atoms with Crippen LogP contribution < -0.4 is 0 Å². The van der Waals surface area contributed by atoms with Gasteiger partial charge in [0.15, 0.2) is 0 Å². The summed E-state index contributed by atoms with van der Waals surface area (Å²) in [6.07, 6.45) is 0.571. The van der Waals surface area contributed by atoms with Crippen LogP contribution in [0, 0.1) is 5.92 Å². The molecule has 0 heterocycles. The molecule has 0 rings (SSSR count). The van der Waals surface area contributed by atoms with Gasteiger partial charge in [-0.1, -0.05) is 13.8 Å². The van der Waals surface area contributed by atoms with Crippen molar-refractivity contribution in [3.63, 3.8) is 0 Å². The minimum Gasteiger partial charge on any atom is -0.481 e. The molecule has 0 bridgehead atoms. The van der Waals surface area contributed by atoms with Crippen molar-refractivity contribution < 1.29 is 15.0 Å². The lowest BCUT2D eigenvalue weighted by atomic mass is 10.1. The molecule has 4 heteroatoms. The van der Waals surface area contributed by atoms with E-state index in [1.807, 2.05) is 11.8 Å². The molecular weight excluding hydrogens is 182 g/mol. The van der Waals surface area contributed by atoms with E-state index < -0.39 is 12.1 Å². The second-order valence-electron chi connectivity index (χ2n) is 3.85. The number of aliphatic hydroxyl groups excluding tert-OH is 1. The maximum Gasteiger partial charge on any atom is 0.307 e. The number of rotatable bonds is 7. The van der Waals surface area contributed by atoms with E-state index in [1.54, 1.807) is 13.8 Å². The molecule has 14 heavy (non-hydrogen) atoms. The third-order valence-corrected chi connectivity index (χ3v) is 2.02. The van der Waals surface area contributed by atoms with Gasteiger partial charge >= 0.3 is 5.97 Å². The second-order valence-corrected chi connectivity index (χ2v) is 3.85. The minimum atomic E-state index is -0.781. The summed E-state index contributed by atoms with van der Waals surface area (Å²) in [6.45, 7) is 7.34. The molecule has 2 atom stereocenters. The molecule has 0 aliphatic rings. The Bertz CT molecular complexity index is 171. The fourth-order valence-corrected chi connectivity index (χ4v) is 1.41. The summed E-state index contributed by atoms with van der Waals surface area (Å²) < 4.78 is 0. The first kappa shape index (κ1) is 13.4. The lowest BCUT2D eigenvalue weighted by Crippen LogP contribution is -2.37. The van der Waals surface area contributed by atoms with Crippen LogP contribution in [0.3, 0.4) is 0 Å². The van der Waals surface area contributed by atoms with Gasteiger partial charge in [0.2, 0.25) is 0 Å². The molecule has 84 valence electrons. The minimum absolute atomic E-state index is 0.375. The monoisotopic (exact) mass is 203 g/mol. The van der Waals surface area contributed by atoms with Crippen molar-refractivity contribution in [3.8, 4) is 0 Å². The quantitative estimate of drug-likeness (QED) is 0.642. The third-order valence-electron chi connectivity index (χ3n) is 2.02. The number of carboxylic acid groups (broad SMARTS) is 1. The molecule has 2 N–H and O–H groups in total. The van der Waals surface area contributed by atoms with Crippen molar-refractivity contribution in [1.29, 1.82) is 0 Å². The molecule has 0 amide bonds. The molecule has 0 radical (unpaired) electrons. The SMILES string of the molecule is CCCN(CC(C)O)CC(C)C(=O)O. The van der Waals surface area contributed by atoms with Crippen LogP contribution >= 0.6 is 0 Å². The summed E-state index contributed by atoms with van der Waals surface area (Å²) in [4.78, 5) is 12.6. The van der Waals surface area contributed by atoms with E-state index >= 15 is 0 Å². The van der Waals surface area contributed by atoms with E-state index in [2.05, 4.69) is 0 Å². The van der Waals surface area contributed by atoms with Gasteiger partial charge in [0.05, 0.1) is 12.0 Å². The molecule has 4 nitrogen and oxygen atoms in total. The Morgan fingerprint density at radius 1 is 1.36 bits per heavy atom. The molecule has 0 aliphatic heterocycles. The molecule has 0 spiro atoms. The van der Waals surface area contributed by atoms with Crippen molar-refractivity contribution in [2.24, 2.45) is 5.92 Å². The molecule has 0 fully saturated rings. The smallest absolute Gasteiger partial charge is 0.307 e. The number of aliphatic carboxylic acids is 1. The predicted molar refractivity (Wildman–Crippen MR) is 55.2 cm³/mol. The summed E-state index contributed by atoms with van der Waals surface area (Å²) in [5.41, 5.74) is 0. The zero-order chi connectivity index (χ0) is 11.1. The molecule has 0 aromatic rings. The first-order valence-electron chi connectivity index (χ1n) is 5.10. The average molecular weight is 203 g/mol. The van der Waals surface area contributed by atoms with E-state index in [9.17, 15) is 9.90 Å². The Kier molecular flexibility index (Phi) is 6.49. The number of aliphatic hydroxyl groups is 1. The fourth-order valence-electron chi connectivity index (χ4n) is 1.41. The van der Waals surface area contributed by atoms with Crippen molar-refractivity contribution in [2.75, 3.05) is 19.6 Å². The fraction of sp³-hybridized carbons (Fsp3) is 0.900. The van der Waals surface area contributed by atoms with Gasteiger partial charge in [-0.3, -0.25) is 9.69 Å². The number of hydrogen-bond donors (Lipinski definition) is 2. The Labute approximate surface area is 85.5 Å². The van der Waals surface area contributed by atoms with Gasteiger partial charge in [-0.15, -0.1) is 0 Å². The highest BCUT2D eigenvalue weighted by Crippen LogP contribution is 2.02. The molecule has 0 aromatic heterocycles. The molecule has 0 aliphatic carbocycles. The Hall–Kier alpha value is -0.610. The lowest BCUT2D eigenvalue weighted by molar-refractivity contribution is -0.141. The van der Waals surface area contributed by atoms with Gasteiger partial charge in [-0.2, -0.15) is 0 Å². The molecular formula is C10H21NO3. The Morgan fingerprint density at radius 2 is 1.93 bits per heavy atom. The summed E-state index contributed by atoms with van der Waals surface area (Å²) >= 11 is 0. The number of carbonyl (C=O) groups is 1. The van der Waals surface area contributed by atoms with Crippen molar-refractivity contribution in [1.82, 2.24) is 4.90 Å². The second kappa shape index (κ2) is 6.79. The summed E-state index contributed by atoms with van der Waals surface area (Å²) in [5, 5.41) is 18.0. The topological polar surface area (TPSA) is 60.8 Å². The van der Waals surface area contributed by atoms with E-state index in [1.165, 1.54) is 0 Å². The van der Waals surface area contributed by atoms with Crippen LogP contribution in [0.1, 0.15) is 27.2 Å². The van der Waals surface area contributed by atoms with E-state index in [0.717, 1.165) is 13.0 Å². The summed E-state index contributed by atoms with van der Waals surface area (Å²) in [6, 6.07) is 0. The molecule has 0 aromatic carbocycles. The van der Waals surface area contributed by atoms with Crippen molar-refractivity contribution in [3.05, 3.63) is 0 Å². The molecule has 0 saturated heterocycles. The highest BCUT2D eigenvalue weighted by Gasteiger charge is 2.16. The van der Waals surface area contributed by atoms with Crippen LogP contribution in [-0.4, -0.2) is 46.8 Å². The van der Waals surface area contributed by atoms with Gasteiger partial charge in [-0.05, 0) is 19.9 Å². The molecule has 2 unspecified atom stereocenters. The van der Waals surface area contributed by atoms with Gasteiger partial charge in [0.25, 0.3) is 0 Å². The van der Waals surface area contributed by atoms with Crippen LogP contribution in [0.15, 0.2) is 0 Å². The van der Waals surface area contributed by atoms with Crippen molar-refractivity contribution >= 4 is 5.97 Å². The van der Waals surface area contributed by atoms with E-state index in [4.69, 9.17) is 5.11 Å². The zero-order valence-corrected chi connectivity index (χ0v) is 9.23. The maximum atomic E-state index is 10.6. The first-order valence-corrected chi connectivity index (χ1v) is 5.10. The average Bonchev–Trinajstić information content (AvgIpc) is 2.02. The first-order chi connectivity index (χ1) is 6.47. The standard InChI is InChI=1S/C10H21NO3/c1-4-5-11(7-9(3)12)6-8(2)10(13)14/h8-9,12H,4-7H2,1-3H3,(H,13,14). The van der Waals surface area contributed by atoms with E-state index in [-0.39, 0.29) is 5.92 Å². The van der Waals surface area contributed by atoms with Crippen LogP contribution in [0.4, 0.5) is 0 Å². The normalized spacial score (nSPS) is 15.5. The highest BCUT2D eigenvalue weighted by atomic mass is 16.4. The highest BCUT2D eigenvalue weighted by molar-refractivity contribution is 5.69. The lowest BCUT2D eigenvalue weighted by Gasteiger charge is -2.24. The Balaban J connectivity index is 4.01. The zero-order valence-electron chi connectivity index (χ0n) is 9.23. The van der Waals surface area contributed by atoms with Crippen LogP contribution in [0.2, 0.25) is 0 Å². The number of nitrogens with zero attached hydrogens (tertiary/aromatic N) is 1.